The van der Waals surface area contributed by atoms with Gasteiger partial charge in [-0.25, -0.2) is 8.42 Å². The van der Waals surface area contributed by atoms with Crippen LogP contribution in [0.1, 0.15) is 37.8 Å². The maximum atomic E-state index is 11.9. The summed E-state index contributed by atoms with van der Waals surface area (Å²) >= 11 is 0. The van der Waals surface area contributed by atoms with Crippen molar-refractivity contribution in [2.24, 2.45) is 0 Å². The van der Waals surface area contributed by atoms with Gasteiger partial charge in [-0.05, 0) is 37.0 Å². The molecular weight excluding hydrogens is 224 g/mol. The first-order chi connectivity index (χ1) is 7.23. The van der Waals surface area contributed by atoms with Crippen LogP contribution in [0.2, 0.25) is 0 Å². The molecule has 4 heteroatoms. The summed E-state index contributed by atoms with van der Waals surface area (Å²) in [5, 5.41) is 10.0. The van der Waals surface area contributed by atoms with Crippen molar-refractivity contribution in [3.05, 3.63) is 29.3 Å². The quantitative estimate of drug-likeness (QED) is 0.814. The number of fused-ring (bicyclic) bond motifs is 1. The van der Waals surface area contributed by atoms with Gasteiger partial charge in [0.1, 0.15) is 0 Å². The highest BCUT2D eigenvalue weighted by molar-refractivity contribution is 7.91. The Bertz CT molecular complexity index is 524. The first-order valence-electron chi connectivity index (χ1n) is 5.32. The van der Waals surface area contributed by atoms with Crippen LogP contribution in [-0.2, 0) is 15.4 Å². The van der Waals surface area contributed by atoms with Crippen LogP contribution in [0, 0.1) is 0 Å². The first-order valence-corrected chi connectivity index (χ1v) is 6.97. The highest BCUT2D eigenvalue weighted by Crippen LogP contribution is 2.40. The van der Waals surface area contributed by atoms with E-state index in [0.29, 0.717) is 4.90 Å². The fourth-order valence-electron chi connectivity index (χ4n) is 2.36. The van der Waals surface area contributed by atoms with E-state index in [2.05, 4.69) is 0 Å². The van der Waals surface area contributed by atoms with Gasteiger partial charge in [0.25, 0.3) is 0 Å². The van der Waals surface area contributed by atoms with Crippen molar-refractivity contribution in [3.63, 3.8) is 0 Å². The maximum Gasteiger partial charge on any atom is 0.179 e. The van der Waals surface area contributed by atoms with Crippen LogP contribution in [0.5, 0.6) is 0 Å². The third-order valence-corrected chi connectivity index (χ3v) is 4.99. The SMILES string of the molecule is CC1CS(=O)(=O)c2cccc(C(C)(C)O)c21. The molecule has 0 aromatic heterocycles. The van der Waals surface area contributed by atoms with Crippen molar-refractivity contribution >= 4 is 9.84 Å². The molecule has 3 nitrogen and oxygen atoms in total. The molecule has 0 bridgehead atoms. The van der Waals surface area contributed by atoms with Gasteiger partial charge < -0.3 is 5.11 Å². The topological polar surface area (TPSA) is 54.4 Å². The molecule has 1 aromatic rings. The van der Waals surface area contributed by atoms with E-state index >= 15 is 0 Å². The Balaban J connectivity index is 2.76. The molecule has 1 aliphatic rings. The lowest BCUT2D eigenvalue weighted by molar-refractivity contribution is 0.0771. The Kier molecular flexibility index (Phi) is 2.40. The molecule has 1 heterocycles. The van der Waals surface area contributed by atoms with E-state index in [4.69, 9.17) is 0 Å². The second-order valence-electron chi connectivity index (χ2n) is 4.96. The molecule has 0 spiro atoms. The predicted molar refractivity (Wildman–Crippen MR) is 62.2 cm³/mol. The molecule has 16 heavy (non-hydrogen) atoms. The molecule has 0 radical (unpaired) electrons. The summed E-state index contributed by atoms with van der Waals surface area (Å²) in [6.45, 7) is 5.25. The Morgan fingerprint density at radius 3 is 2.56 bits per heavy atom. The number of hydrogen-bond donors (Lipinski definition) is 1. The molecule has 0 saturated heterocycles. The molecule has 1 N–H and O–H groups in total. The van der Waals surface area contributed by atoms with Gasteiger partial charge in [0.15, 0.2) is 9.84 Å². The Morgan fingerprint density at radius 2 is 2.00 bits per heavy atom. The standard InChI is InChI=1S/C12H16O3S/c1-8-7-16(14,15)10-6-4-5-9(11(8)10)12(2,3)13/h4-6,8,13H,7H2,1-3H3. The van der Waals surface area contributed by atoms with Gasteiger partial charge >= 0.3 is 0 Å². The van der Waals surface area contributed by atoms with Crippen molar-refractivity contribution in [3.8, 4) is 0 Å². The second-order valence-corrected chi connectivity index (χ2v) is 6.96. The van der Waals surface area contributed by atoms with Crippen molar-refractivity contribution in [2.45, 2.75) is 37.2 Å². The molecule has 2 rings (SSSR count). The zero-order valence-electron chi connectivity index (χ0n) is 9.69. The summed E-state index contributed by atoms with van der Waals surface area (Å²) in [5.74, 6) is 0.109. The largest absolute Gasteiger partial charge is 0.386 e. The van der Waals surface area contributed by atoms with Gasteiger partial charge in [-0.1, -0.05) is 19.1 Å². The molecule has 0 fully saturated rings. The normalized spacial score (nSPS) is 23.1. The molecular formula is C12H16O3S. The Morgan fingerprint density at radius 1 is 1.38 bits per heavy atom. The molecule has 0 saturated carbocycles. The summed E-state index contributed by atoms with van der Waals surface area (Å²) in [5.41, 5.74) is 0.507. The van der Waals surface area contributed by atoms with Crippen LogP contribution in [0.25, 0.3) is 0 Å². The third kappa shape index (κ3) is 1.66. The molecule has 1 atom stereocenters. The van der Waals surface area contributed by atoms with Gasteiger partial charge in [0.2, 0.25) is 0 Å². The van der Waals surface area contributed by atoms with Crippen LogP contribution < -0.4 is 0 Å². The van der Waals surface area contributed by atoms with E-state index in [1.165, 1.54) is 0 Å². The van der Waals surface area contributed by atoms with E-state index in [0.717, 1.165) is 11.1 Å². The van der Waals surface area contributed by atoms with Crippen molar-refractivity contribution < 1.29 is 13.5 Å². The van der Waals surface area contributed by atoms with E-state index in [9.17, 15) is 13.5 Å². The zero-order chi connectivity index (χ0) is 12.1. The molecule has 1 unspecified atom stereocenters. The number of rotatable bonds is 1. The Labute approximate surface area is 96.0 Å². The predicted octanol–water partition coefficient (Wildman–Crippen LogP) is 1.80. The molecule has 0 aliphatic carbocycles. The van der Waals surface area contributed by atoms with Gasteiger partial charge in [0.05, 0.1) is 16.2 Å². The third-order valence-electron chi connectivity index (χ3n) is 3.02. The monoisotopic (exact) mass is 240 g/mol. The Hall–Kier alpha value is -0.870. The fraction of sp³-hybridized carbons (Fsp3) is 0.500. The lowest BCUT2D eigenvalue weighted by Crippen LogP contribution is -2.18. The molecule has 0 amide bonds. The fourth-order valence-corrected chi connectivity index (χ4v) is 4.30. The van der Waals surface area contributed by atoms with Crippen LogP contribution >= 0.6 is 0 Å². The summed E-state index contributed by atoms with van der Waals surface area (Å²) in [7, 11) is -3.15. The smallest absolute Gasteiger partial charge is 0.179 e. The van der Waals surface area contributed by atoms with Crippen molar-refractivity contribution in [1.82, 2.24) is 0 Å². The van der Waals surface area contributed by atoms with Gasteiger partial charge in [-0.3, -0.25) is 0 Å². The van der Waals surface area contributed by atoms with Crippen LogP contribution in [0.3, 0.4) is 0 Å². The summed E-state index contributed by atoms with van der Waals surface area (Å²) < 4.78 is 23.7. The van der Waals surface area contributed by atoms with E-state index < -0.39 is 15.4 Å². The van der Waals surface area contributed by atoms with Crippen molar-refractivity contribution in [2.75, 3.05) is 5.75 Å². The molecule has 1 aliphatic heterocycles. The second kappa shape index (κ2) is 3.31. The summed E-state index contributed by atoms with van der Waals surface area (Å²) in [6.07, 6.45) is 0. The minimum atomic E-state index is -3.15. The van der Waals surface area contributed by atoms with Gasteiger partial charge in [-0.2, -0.15) is 0 Å². The lowest BCUT2D eigenvalue weighted by Gasteiger charge is -2.22. The summed E-state index contributed by atoms with van der Waals surface area (Å²) in [4.78, 5) is 0.389. The van der Waals surface area contributed by atoms with Crippen molar-refractivity contribution in [1.29, 1.82) is 0 Å². The van der Waals surface area contributed by atoms with Gasteiger partial charge in [-0.15, -0.1) is 0 Å². The van der Waals surface area contributed by atoms with Crippen LogP contribution in [0.15, 0.2) is 23.1 Å². The number of sulfone groups is 1. The number of hydrogen-bond acceptors (Lipinski definition) is 3. The highest BCUT2D eigenvalue weighted by atomic mass is 32.2. The van der Waals surface area contributed by atoms with E-state index in [1.54, 1.807) is 32.0 Å². The van der Waals surface area contributed by atoms with Crippen LogP contribution in [-0.4, -0.2) is 19.3 Å². The van der Waals surface area contributed by atoms with E-state index in [1.807, 2.05) is 6.92 Å². The average molecular weight is 240 g/mol. The lowest BCUT2D eigenvalue weighted by atomic mass is 9.88. The van der Waals surface area contributed by atoms with Gasteiger partial charge in [0, 0.05) is 0 Å². The molecule has 1 aromatic carbocycles. The zero-order valence-corrected chi connectivity index (χ0v) is 10.5. The number of benzene rings is 1. The summed E-state index contributed by atoms with van der Waals surface area (Å²) in [6, 6.07) is 5.13. The molecule has 88 valence electrons. The van der Waals surface area contributed by atoms with E-state index in [-0.39, 0.29) is 11.7 Å². The number of aliphatic hydroxyl groups is 1. The minimum absolute atomic E-state index is 0.0392. The van der Waals surface area contributed by atoms with Crippen LogP contribution in [0.4, 0.5) is 0 Å². The highest BCUT2D eigenvalue weighted by Gasteiger charge is 2.36. The first kappa shape index (κ1) is 11.6. The maximum absolute atomic E-state index is 11.9. The average Bonchev–Trinajstić information content (AvgIpc) is 2.36. The minimum Gasteiger partial charge on any atom is -0.386 e.